The molecule has 0 aliphatic carbocycles. The lowest BCUT2D eigenvalue weighted by molar-refractivity contribution is 0.196. The highest BCUT2D eigenvalue weighted by Gasteiger charge is 2.29. The average Bonchev–Trinajstić information content (AvgIpc) is 2.42. The van der Waals surface area contributed by atoms with E-state index in [1.54, 1.807) is 13.0 Å². The summed E-state index contributed by atoms with van der Waals surface area (Å²) in [4.78, 5) is 2.49. The number of hydrogen-bond donors (Lipinski definition) is 1. The zero-order valence-electron chi connectivity index (χ0n) is 11.8. The molecule has 1 aliphatic rings. The molecule has 20 heavy (non-hydrogen) atoms. The Hall–Kier alpha value is -0.820. The Labute approximate surface area is 125 Å². The Bertz CT molecular complexity index is 596. The van der Waals surface area contributed by atoms with E-state index in [0.717, 1.165) is 19.6 Å². The number of anilines is 1. The van der Waals surface area contributed by atoms with Crippen molar-refractivity contribution < 1.29 is 8.42 Å². The molecule has 0 bridgehead atoms. The second-order valence-electron chi connectivity index (χ2n) is 4.98. The van der Waals surface area contributed by atoms with E-state index in [2.05, 4.69) is 11.8 Å². The molecule has 0 atom stereocenters. The molecule has 112 valence electrons. The molecule has 0 radical (unpaired) electrons. The summed E-state index contributed by atoms with van der Waals surface area (Å²) in [5.41, 5.74) is 6.66. The number of aryl methyl sites for hydroxylation is 1. The topological polar surface area (TPSA) is 66.6 Å². The minimum absolute atomic E-state index is 0.254. The van der Waals surface area contributed by atoms with Gasteiger partial charge in [-0.3, -0.25) is 0 Å². The Morgan fingerprint density at radius 3 is 2.40 bits per heavy atom. The first-order chi connectivity index (χ1) is 9.36. The number of hydrogen-bond acceptors (Lipinski definition) is 4. The van der Waals surface area contributed by atoms with Gasteiger partial charge >= 0.3 is 0 Å². The fourth-order valence-electron chi connectivity index (χ4n) is 2.37. The van der Waals surface area contributed by atoms with Gasteiger partial charge in [0.15, 0.2) is 0 Å². The van der Waals surface area contributed by atoms with Crippen LogP contribution in [0, 0.1) is 6.92 Å². The molecular weight excluding hydrogens is 298 g/mol. The Morgan fingerprint density at radius 2 is 1.85 bits per heavy atom. The van der Waals surface area contributed by atoms with E-state index in [-0.39, 0.29) is 4.90 Å². The number of sulfonamides is 1. The smallest absolute Gasteiger partial charge is 0.243 e. The maximum absolute atomic E-state index is 12.7. The molecule has 1 saturated heterocycles. The molecule has 0 amide bonds. The number of nitrogens with zero attached hydrogens (tertiary/aromatic N) is 2. The van der Waals surface area contributed by atoms with Crippen LogP contribution in [0.3, 0.4) is 0 Å². The Balaban J connectivity index is 2.30. The van der Waals surface area contributed by atoms with Gasteiger partial charge in [-0.05, 0) is 31.2 Å². The predicted octanol–water partition coefficient (Wildman–Crippen LogP) is 1.56. The second kappa shape index (κ2) is 5.89. The highest BCUT2D eigenvalue weighted by atomic mass is 35.5. The Morgan fingerprint density at radius 1 is 1.25 bits per heavy atom. The summed E-state index contributed by atoms with van der Waals surface area (Å²) in [6.07, 6.45) is 0. The van der Waals surface area contributed by atoms with Crippen LogP contribution in [0.15, 0.2) is 17.0 Å². The van der Waals surface area contributed by atoms with Crippen molar-refractivity contribution in [3.8, 4) is 0 Å². The van der Waals surface area contributed by atoms with E-state index in [0.29, 0.717) is 29.4 Å². The molecule has 1 fully saturated rings. The lowest BCUT2D eigenvalue weighted by atomic mass is 10.2. The molecule has 1 aromatic carbocycles. The SMILES string of the molecule is CCN1CCN(S(=O)(=O)c2cc(N)c(Cl)cc2C)CC1. The van der Waals surface area contributed by atoms with Crippen molar-refractivity contribution in [1.29, 1.82) is 0 Å². The molecule has 0 aromatic heterocycles. The van der Waals surface area contributed by atoms with Crippen molar-refractivity contribution >= 4 is 27.3 Å². The van der Waals surface area contributed by atoms with Gasteiger partial charge in [0, 0.05) is 26.2 Å². The third kappa shape index (κ3) is 2.93. The van der Waals surface area contributed by atoms with Gasteiger partial charge in [-0.1, -0.05) is 18.5 Å². The van der Waals surface area contributed by atoms with Crippen LogP contribution < -0.4 is 5.73 Å². The van der Waals surface area contributed by atoms with Crippen molar-refractivity contribution in [1.82, 2.24) is 9.21 Å². The number of likely N-dealkylation sites (N-methyl/N-ethyl adjacent to an activating group) is 1. The fraction of sp³-hybridized carbons (Fsp3) is 0.538. The van der Waals surface area contributed by atoms with E-state index in [9.17, 15) is 8.42 Å². The summed E-state index contributed by atoms with van der Waals surface area (Å²) in [6, 6.07) is 3.06. The van der Waals surface area contributed by atoms with Crippen LogP contribution in [0.2, 0.25) is 5.02 Å². The number of halogens is 1. The van der Waals surface area contributed by atoms with Gasteiger partial charge in [0.25, 0.3) is 0 Å². The number of nitrogen functional groups attached to an aromatic ring is 1. The Kier molecular flexibility index (Phi) is 4.59. The maximum atomic E-state index is 12.7. The summed E-state index contributed by atoms with van der Waals surface area (Å²) < 4.78 is 26.9. The minimum Gasteiger partial charge on any atom is -0.397 e. The second-order valence-corrected chi connectivity index (χ2v) is 7.29. The van der Waals surface area contributed by atoms with E-state index >= 15 is 0 Å². The normalized spacial score (nSPS) is 18.4. The molecular formula is C13H20ClN3O2S. The molecule has 0 saturated carbocycles. The summed E-state index contributed by atoms with van der Waals surface area (Å²) in [5, 5.41) is 0.386. The lowest BCUT2D eigenvalue weighted by Crippen LogP contribution is -2.48. The molecule has 2 N–H and O–H groups in total. The van der Waals surface area contributed by atoms with Crippen LogP contribution >= 0.6 is 11.6 Å². The monoisotopic (exact) mass is 317 g/mol. The number of piperazine rings is 1. The van der Waals surface area contributed by atoms with Gasteiger partial charge in [-0.25, -0.2) is 8.42 Å². The largest absolute Gasteiger partial charge is 0.397 e. The van der Waals surface area contributed by atoms with Gasteiger partial charge in [-0.15, -0.1) is 0 Å². The van der Waals surface area contributed by atoms with Gasteiger partial charge in [0.1, 0.15) is 0 Å². The van der Waals surface area contributed by atoms with Crippen LogP contribution in [0.25, 0.3) is 0 Å². The molecule has 7 heteroatoms. The van der Waals surface area contributed by atoms with Gasteiger partial charge < -0.3 is 10.6 Å². The third-order valence-corrected chi connectivity index (χ3v) is 6.06. The van der Waals surface area contributed by atoms with E-state index in [1.165, 1.54) is 10.4 Å². The van der Waals surface area contributed by atoms with Gasteiger partial charge in [0.05, 0.1) is 15.6 Å². The molecule has 0 unspecified atom stereocenters. The molecule has 2 rings (SSSR count). The third-order valence-electron chi connectivity index (χ3n) is 3.69. The van der Waals surface area contributed by atoms with Crippen LogP contribution in [0.4, 0.5) is 5.69 Å². The molecule has 0 spiro atoms. The van der Waals surface area contributed by atoms with Crippen LogP contribution in [-0.4, -0.2) is 50.3 Å². The van der Waals surface area contributed by atoms with Crippen LogP contribution in [0.5, 0.6) is 0 Å². The van der Waals surface area contributed by atoms with Crippen molar-refractivity contribution in [2.75, 3.05) is 38.5 Å². The van der Waals surface area contributed by atoms with E-state index < -0.39 is 10.0 Å². The molecule has 1 heterocycles. The van der Waals surface area contributed by atoms with E-state index in [4.69, 9.17) is 17.3 Å². The average molecular weight is 318 g/mol. The minimum atomic E-state index is -3.50. The fourth-order valence-corrected chi connectivity index (χ4v) is 4.25. The van der Waals surface area contributed by atoms with Gasteiger partial charge in [0.2, 0.25) is 10.0 Å². The summed E-state index contributed by atoms with van der Waals surface area (Å²) in [5.74, 6) is 0. The van der Waals surface area contributed by atoms with Crippen LogP contribution in [-0.2, 0) is 10.0 Å². The molecule has 1 aliphatic heterocycles. The molecule has 5 nitrogen and oxygen atoms in total. The number of benzene rings is 1. The summed E-state index contributed by atoms with van der Waals surface area (Å²) in [6.45, 7) is 7.31. The van der Waals surface area contributed by atoms with Crippen molar-refractivity contribution in [2.24, 2.45) is 0 Å². The first-order valence-electron chi connectivity index (χ1n) is 6.64. The van der Waals surface area contributed by atoms with E-state index in [1.807, 2.05) is 0 Å². The zero-order chi connectivity index (χ0) is 14.9. The highest BCUT2D eigenvalue weighted by Crippen LogP contribution is 2.28. The zero-order valence-corrected chi connectivity index (χ0v) is 13.3. The molecule has 1 aromatic rings. The summed E-state index contributed by atoms with van der Waals surface area (Å²) in [7, 11) is -3.50. The van der Waals surface area contributed by atoms with Crippen molar-refractivity contribution in [3.63, 3.8) is 0 Å². The quantitative estimate of drug-likeness (QED) is 0.859. The first kappa shape index (κ1) is 15.6. The van der Waals surface area contributed by atoms with Crippen molar-refractivity contribution in [3.05, 3.63) is 22.7 Å². The first-order valence-corrected chi connectivity index (χ1v) is 8.46. The van der Waals surface area contributed by atoms with Crippen LogP contribution in [0.1, 0.15) is 12.5 Å². The lowest BCUT2D eigenvalue weighted by Gasteiger charge is -2.33. The number of rotatable bonds is 3. The predicted molar refractivity (Wildman–Crippen MR) is 81.5 cm³/mol. The standard InChI is InChI=1S/C13H20ClN3O2S/c1-3-16-4-6-17(7-5-16)20(18,19)13-9-12(15)11(14)8-10(13)2/h8-9H,3-7,15H2,1-2H3. The maximum Gasteiger partial charge on any atom is 0.243 e. The summed E-state index contributed by atoms with van der Waals surface area (Å²) >= 11 is 5.92. The van der Waals surface area contributed by atoms with Crippen molar-refractivity contribution in [2.45, 2.75) is 18.7 Å². The number of nitrogens with two attached hydrogens (primary N) is 1. The highest BCUT2D eigenvalue weighted by molar-refractivity contribution is 7.89. The van der Waals surface area contributed by atoms with Gasteiger partial charge in [-0.2, -0.15) is 4.31 Å².